The predicted molar refractivity (Wildman–Crippen MR) is 75.3 cm³/mol. The van der Waals surface area contributed by atoms with Crippen LogP contribution < -0.4 is 0 Å². The van der Waals surface area contributed by atoms with Crippen LogP contribution in [0.5, 0.6) is 0 Å². The van der Waals surface area contributed by atoms with Crippen LogP contribution in [-0.4, -0.2) is 46.4 Å². The van der Waals surface area contributed by atoms with Gasteiger partial charge < -0.3 is 10.1 Å². The van der Waals surface area contributed by atoms with Gasteiger partial charge in [-0.15, -0.1) is 0 Å². The molecular weight excluding hydrogens is 294 g/mol. The Morgan fingerprint density at radius 1 is 1.43 bits per heavy atom. The van der Waals surface area contributed by atoms with Crippen LogP contribution in [0.3, 0.4) is 0 Å². The van der Waals surface area contributed by atoms with Crippen LogP contribution in [0.4, 0.5) is 0 Å². The number of nitrogens with one attached hydrogen (secondary N) is 1. The molecule has 1 saturated heterocycles. The van der Waals surface area contributed by atoms with Crippen LogP contribution in [0.1, 0.15) is 19.3 Å². The number of pyridine rings is 1. The molecule has 0 spiro atoms. The highest BCUT2D eigenvalue weighted by Gasteiger charge is 2.38. The fourth-order valence-electron chi connectivity index (χ4n) is 2.71. The maximum atomic E-state index is 12.8. The topological polar surface area (TPSA) is 103 Å². The molecule has 3 rings (SSSR count). The smallest absolute Gasteiger partial charge is 0.322 e. The summed E-state index contributed by atoms with van der Waals surface area (Å²) >= 11 is 0. The van der Waals surface area contributed by atoms with E-state index < -0.39 is 22.0 Å². The number of aromatic nitrogens is 2. The lowest BCUT2D eigenvalue weighted by atomic mass is 10.1. The molecule has 21 heavy (non-hydrogen) atoms. The van der Waals surface area contributed by atoms with Gasteiger partial charge in [-0.25, -0.2) is 13.4 Å². The Bertz CT molecular complexity index is 784. The monoisotopic (exact) mass is 309 g/mol. The zero-order valence-corrected chi connectivity index (χ0v) is 12.0. The first kappa shape index (κ1) is 14.0. The van der Waals surface area contributed by atoms with Crippen molar-refractivity contribution in [3.8, 4) is 0 Å². The number of carboxylic acids is 1. The largest absolute Gasteiger partial charge is 0.480 e. The molecule has 0 aliphatic carbocycles. The second-order valence-corrected chi connectivity index (χ2v) is 6.88. The van der Waals surface area contributed by atoms with E-state index in [1.54, 1.807) is 18.3 Å². The maximum absolute atomic E-state index is 12.8. The summed E-state index contributed by atoms with van der Waals surface area (Å²) in [4.78, 5) is 18.3. The molecule has 0 aromatic carbocycles. The third-order valence-corrected chi connectivity index (χ3v) is 5.69. The number of carboxylic acid groups (broad SMARTS) is 1. The van der Waals surface area contributed by atoms with E-state index in [-0.39, 0.29) is 11.4 Å². The fourth-order valence-corrected chi connectivity index (χ4v) is 4.51. The van der Waals surface area contributed by atoms with E-state index in [9.17, 15) is 18.3 Å². The Morgan fingerprint density at radius 2 is 2.24 bits per heavy atom. The number of hydrogen-bond donors (Lipinski definition) is 2. The van der Waals surface area contributed by atoms with Gasteiger partial charge in [0.25, 0.3) is 0 Å². The van der Waals surface area contributed by atoms with Gasteiger partial charge >= 0.3 is 5.97 Å². The number of piperidine rings is 1. The molecule has 112 valence electrons. The van der Waals surface area contributed by atoms with Gasteiger partial charge in [-0.05, 0) is 31.4 Å². The highest BCUT2D eigenvalue weighted by molar-refractivity contribution is 7.89. The Labute approximate surface area is 121 Å². The number of rotatable bonds is 3. The van der Waals surface area contributed by atoms with Crippen molar-refractivity contribution in [3.63, 3.8) is 0 Å². The quantitative estimate of drug-likeness (QED) is 0.886. The van der Waals surface area contributed by atoms with Gasteiger partial charge in [-0.1, -0.05) is 0 Å². The maximum Gasteiger partial charge on any atom is 0.322 e. The van der Waals surface area contributed by atoms with Crippen LogP contribution in [-0.2, 0) is 14.8 Å². The Hall–Kier alpha value is -1.93. The normalized spacial score (nSPS) is 20.7. The van der Waals surface area contributed by atoms with Gasteiger partial charge in [0.15, 0.2) is 0 Å². The molecule has 1 fully saturated rings. The van der Waals surface area contributed by atoms with Crippen LogP contribution in [0, 0.1) is 0 Å². The van der Waals surface area contributed by atoms with Crippen molar-refractivity contribution < 1.29 is 18.3 Å². The summed E-state index contributed by atoms with van der Waals surface area (Å²) in [5, 5.41) is 9.74. The van der Waals surface area contributed by atoms with Gasteiger partial charge in [-0.3, -0.25) is 4.79 Å². The van der Waals surface area contributed by atoms with E-state index >= 15 is 0 Å². The molecule has 8 heteroatoms. The first-order valence-corrected chi connectivity index (χ1v) is 8.12. The second-order valence-electron chi connectivity index (χ2n) is 5.02. The van der Waals surface area contributed by atoms with Crippen molar-refractivity contribution in [2.75, 3.05) is 6.54 Å². The van der Waals surface area contributed by atoms with E-state index in [1.165, 1.54) is 6.20 Å². The van der Waals surface area contributed by atoms with Crippen molar-refractivity contribution in [2.24, 2.45) is 0 Å². The van der Waals surface area contributed by atoms with Crippen molar-refractivity contribution in [3.05, 3.63) is 24.5 Å². The van der Waals surface area contributed by atoms with Crippen molar-refractivity contribution in [2.45, 2.75) is 30.2 Å². The minimum Gasteiger partial charge on any atom is -0.480 e. The Balaban J connectivity index is 2.09. The molecule has 0 radical (unpaired) electrons. The molecule has 2 aromatic heterocycles. The standard InChI is InChI=1S/C13H15N3O4S/c17-13(18)10-5-1-2-7-16(10)21(19,20)11-8-15-12-9(11)4-3-6-14-12/h3-4,6,8,10H,1-2,5,7H2,(H,14,15)(H,17,18)/t10-/m1/s1. The third-order valence-electron chi connectivity index (χ3n) is 3.74. The summed E-state index contributed by atoms with van der Waals surface area (Å²) in [5.74, 6) is -1.10. The SMILES string of the molecule is O=C(O)[C@H]1CCCCN1S(=O)(=O)c1c[nH]c2ncccc12. The van der Waals surface area contributed by atoms with E-state index in [2.05, 4.69) is 9.97 Å². The van der Waals surface area contributed by atoms with E-state index in [4.69, 9.17) is 0 Å². The fraction of sp³-hybridized carbons (Fsp3) is 0.385. The first-order valence-electron chi connectivity index (χ1n) is 6.68. The molecular formula is C13H15N3O4S. The van der Waals surface area contributed by atoms with Crippen LogP contribution in [0.15, 0.2) is 29.4 Å². The third kappa shape index (κ3) is 2.30. The van der Waals surface area contributed by atoms with Gasteiger partial charge in [0.05, 0.1) is 0 Å². The van der Waals surface area contributed by atoms with E-state index in [1.807, 2.05) is 0 Å². The molecule has 2 aromatic rings. The number of fused-ring (bicyclic) bond motifs is 1. The second kappa shape index (κ2) is 5.12. The number of aromatic amines is 1. The summed E-state index contributed by atoms with van der Waals surface area (Å²) in [6.45, 7) is 0.228. The van der Waals surface area contributed by atoms with Gasteiger partial charge in [-0.2, -0.15) is 4.31 Å². The van der Waals surface area contributed by atoms with Crippen molar-refractivity contribution in [1.29, 1.82) is 0 Å². The Kier molecular flexibility index (Phi) is 3.42. The molecule has 3 heterocycles. The van der Waals surface area contributed by atoms with Gasteiger partial charge in [0.1, 0.15) is 16.6 Å². The summed E-state index contributed by atoms with van der Waals surface area (Å²) in [7, 11) is -3.86. The lowest BCUT2D eigenvalue weighted by molar-refractivity contribution is -0.142. The number of nitrogens with zero attached hydrogens (tertiary/aromatic N) is 2. The minimum absolute atomic E-state index is 0.0822. The molecule has 0 bridgehead atoms. The summed E-state index contributed by atoms with van der Waals surface area (Å²) in [5.41, 5.74) is 0.472. The molecule has 0 unspecified atom stereocenters. The summed E-state index contributed by atoms with van der Waals surface area (Å²) in [6.07, 6.45) is 4.67. The number of hydrogen-bond acceptors (Lipinski definition) is 4. The van der Waals surface area contributed by atoms with E-state index in [0.29, 0.717) is 23.9 Å². The number of sulfonamides is 1. The van der Waals surface area contributed by atoms with Crippen molar-refractivity contribution in [1.82, 2.24) is 14.3 Å². The number of H-pyrrole nitrogens is 1. The lowest BCUT2D eigenvalue weighted by Crippen LogP contribution is -2.47. The summed E-state index contributed by atoms with van der Waals surface area (Å²) < 4.78 is 26.7. The van der Waals surface area contributed by atoms with E-state index in [0.717, 1.165) is 10.7 Å². The predicted octanol–water partition coefficient (Wildman–Crippen LogP) is 1.19. The summed E-state index contributed by atoms with van der Waals surface area (Å²) in [6, 6.07) is 2.32. The van der Waals surface area contributed by atoms with Gasteiger partial charge in [0.2, 0.25) is 10.0 Å². The molecule has 0 amide bonds. The molecule has 1 aliphatic heterocycles. The molecule has 1 aliphatic rings. The average Bonchev–Trinajstić information content (AvgIpc) is 2.92. The van der Waals surface area contributed by atoms with Crippen molar-refractivity contribution >= 4 is 27.0 Å². The number of carbonyl (C=O) groups is 1. The lowest BCUT2D eigenvalue weighted by Gasteiger charge is -2.31. The Morgan fingerprint density at radius 3 is 3.00 bits per heavy atom. The zero-order valence-electron chi connectivity index (χ0n) is 11.2. The van der Waals surface area contributed by atoms with Crippen LogP contribution in [0.25, 0.3) is 11.0 Å². The van der Waals surface area contributed by atoms with Crippen LogP contribution >= 0.6 is 0 Å². The van der Waals surface area contributed by atoms with Crippen LogP contribution in [0.2, 0.25) is 0 Å². The van der Waals surface area contributed by atoms with Gasteiger partial charge in [0, 0.05) is 24.3 Å². The zero-order chi connectivity index (χ0) is 15.0. The first-order chi connectivity index (χ1) is 10.0. The minimum atomic E-state index is -3.86. The highest BCUT2D eigenvalue weighted by Crippen LogP contribution is 2.29. The molecule has 1 atom stereocenters. The number of aliphatic carboxylic acids is 1. The molecule has 0 saturated carbocycles. The molecule has 2 N–H and O–H groups in total. The average molecular weight is 309 g/mol. The highest BCUT2D eigenvalue weighted by atomic mass is 32.2. The molecule has 7 nitrogen and oxygen atoms in total.